The molecule has 0 radical (unpaired) electrons. The summed E-state index contributed by atoms with van der Waals surface area (Å²) in [6.07, 6.45) is 5.67. The van der Waals surface area contributed by atoms with Gasteiger partial charge >= 0.3 is 11.9 Å². The molecule has 9 heteroatoms. The number of nitrogen functional groups attached to an aromatic ring is 1. The number of anilines is 1. The van der Waals surface area contributed by atoms with Gasteiger partial charge < -0.3 is 32.1 Å². The Morgan fingerprint density at radius 3 is 2.44 bits per heavy atom. The Labute approximate surface area is 175 Å². The second-order valence-electron chi connectivity index (χ2n) is 6.10. The molecule has 0 unspecified atom stereocenters. The van der Waals surface area contributed by atoms with Crippen LogP contribution in [0.2, 0.25) is 0 Å². The van der Waals surface area contributed by atoms with Crippen molar-refractivity contribution >= 4 is 39.8 Å². The summed E-state index contributed by atoms with van der Waals surface area (Å²) in [4.78, 5) is 25.5. The van der Waals surface area contributed by atoms with E-state index in [9.17, 15) is 9.59 Å². The molecule has 0 atom stereocenters. The third-order valence-electron chi connectivity index (χ3n) is 2.77. The van der Waals surface area contributed by atoms with E-state index in [1.165, 1.54) is 12.2 Å². The lowest BCUT2D eigenvalue weighted by molar-refractivity contribution is -0.870. The molecule has 0 fully saturated rings. The predicted molar refractivity (Wildman–Crippen MR) is 106 cm³/mol. The van der Waals surface area contributed by atoms with Crippen LogP contribution in [0.4, 0.5) is 5.82 Å². The van der Waals surface area contributed by atoms with E-state index in [-0.39, 0.29) is 18.4 Å². The normalized spacial score (nSPS) is 10.3. The second kappa shape index (κ2) is 14.2. The van der Waals surface area contributed by atoms with Crippen LogP contribution in [0.3, 0.4) is 0 Å². The van der Waals surface area contributed by atoms with Gasteiger partial charge in [0, 0.05) is 28.4 Å². The fourth-order valence-corrected chi connectivity index (χ4v) is 1.78. The van der Waals surface area contributed by atoms with Crippen molar-refractivity contribution in [1.29, 1.82) is 0 Å². The van der Waals surface area contributed by atoms with Crippen LogP contribution < -0.4 is 18.1 Å². The molecular formula is C18H27BrClN3O4. The number of carbonyl (C=O) groups excluding carboxylic acids is 2. The van der Waals surface area contributed by atoms with E-state index in [0.29, 0.717) is 24.6 Å². The number of rotatable bonds is 7. The number of nitrogens with two attached hydrogens (primary N) is 1. The maximum Gasteiger partial charge on any atom is 0.330 e. The number of halogens is 2. The minimum atomic E-state index is -0.392. The van der Waals surface area contributed by atoms with Gasteiger partial charge in [0.2, 0.25) is 0 Å². The van der Waals surface area contributed by atoms with Gasteiger partial charge in [-0.15, -0.1) is 0 Å². The molecule has 0 bridgehead atoms. The number of likely N-dealkylation sites (N-methyl/N-ethyl adjacent to an activating group) is 1. The van der Waals surface area contributed by atoms with Crippen molar-refractivity contribution in [2.75, 3.05) is 46.6 Å². The van der Waals surface area contributed by atoms with E-state index in [1.807, 2.05) is 21.1 Å². The molecule has 152 valence electrons. The van der Waals surface area contributed by atoms with Crippen molar-refractivity contribution in [2.45, 2.75) is 6.92 Å². The number of nitrogens with zero attached hydrogens (tertiary/aromatic N) is 2. The summed E-state index contributed by atoms with van der Waals surface area (Å²) in [6, 6.07) is 1.78. The van der Waals surface area contributed by atoms with E-state index in [1.54, 1.807) is 25.3 Å². The van der Waals surface area contributed by atoms with Crippen LogP contribution in [0.25, 0.3) is 6.08 Å². The van der Waals surface area contributed by atoms with Gasteiger partial charge in [0.15, 0.2) is 0 Å². The van der Waals surface area contributed by atoms with Crippen molar-refractivity contribution in [1.82, 2.24) is 4.98 Å². The highest BCUT2D eigenvalue weighted by atomic mass is 79.9. The molecule has 0 saturated heterocycles. The number of pyridine rings is 1. The third kappa shape index (κ3) is 14.9. The van der Waals surface area contributed by atoms with Gasteiger partial charge in [-0.25, -0.2) is 14.6 Å². The van der Waals surface area contributed by atoms with Crippen LogP contribution >= 0.6 is 15.9 Å². The van der Waals surface area contributed by atoms with Crippen LogP contribution in [0.5, 0.6) is 0 Å². The van der Waals surface area contributed by atoms with Crippen molar-refractivity contribution in [3.63, 3.8) is 0 Å². The van der Waals surface area contributed by atoms with E-state index in [0.717, 1.165) is 15.5 Å². The van der Waals surface area contributed by atoms with Gasteiger partial charge in [-0.3, -0.25) is 0 Å². The molecule has 0 aliphatic rings. The Hall–Kier alpha value is -1.90. The molecule has 0 aliphatic carbocycles. The first-order valence-electron chi connectivity index (χ1n) is 7.94. The van der Waals surface area contributed by atoms with Crippen molar-refractivity contribution < 1.29 is 36.0 Å². The molecular weight excluding hydrogens is 438 g/mol. The molecule has 1 heterocycles. The van der Waals surface area contributed by atoms with Gasteiger partial charge in [-0.2, -0.15) is 0 Å². The van der Waals surface area contributed by atoms with Crippen molar-refractivity contribution in [3.05, 3.63) is 41.0 Å². The van der Waals surface area contributed by atoms with Crippen LogP contribution in [0, 0.1) is 0 Å². The maximum atomic E-state index is 11.0. The summed E-state index contributed by atoms with van der Waals surface area (Å²) in [5, 5.41) is 0. The first kappa shape index (κ1) is 27.3. The number of quaternary nitrogens is 1. The van der Waals surface area contributed by atoms with Gasteiger partial charge in [0.1, 0.15) is 19.0 Å². The average molecular weight is 465 g/mol. The highest BCUT2D eigenvalue weighted by Crippen LogP contribution is 2.16. The van der Waals surface area contributed by atoms with E-state index < -0.39 is 5.97 Å². The molecule has 1 rings (SSSR count). The smallest absolute Gasteiger partial charge is 0.330 e. The zero-order valence-electron chi connectivity index (χ0n) is 16.1. The quantitative estimate of drug-likeness (QED) is 0.330. The molecule has 1 aromatic rings. The number of aromatic nitrogens is 1. The van der Waals surface area contributed by atoms with Gasteiger partial charge in [-0.05, 0) is 35.0 Å². The van der Waals surface area contributed by atoms with Gasteiger partial charge in [0.25, 0.3) is 0 Å². The summed E-state index contributed by atoms with van der Waals surface area (Å²) in [5.41, 5.74) is 6.29. The Balaban J connectivity index is 0. The highest BCUT2D eigenvalue weighted by molar-refractivity contribution is 9.10. The van der Waals surface area contributed by atoms with Gasteiger partial charge in [-0.1, -0.05) is 6.58 Å². The zero-order valence-corrected chi connectivity index (χ0v) is 18.4. The SMILES string of the molecule is C=CC(=O)OCC[N+](C)(C)C.CCOC(=O)C=Cc1cc(Br)cnc1N.[Cl-]. The van der Waals surface area contributed by atoms with Crippen LogP contribution in [-0.4, -0.2) is 62.3 Å². The largest absolute Gasteiger partial charge is 1.00 e. The zero-order chi connectivity index (χ0) is 20.2. The lowest BCUT2D eigenvalue weighted by Gasteiger charge is -2.23. The predicted octanol–water partition coefficient (Wildman–Crippen LogP) is -0.572. The topological polar surface area (TPSA) is 91.5 Å². The highest BCUT2D eigenvalue weighted by Gasteiger charge is 2.07. The molecule has 0 aromatic carbocycles. The van der Waals surface area contributed by atoms with Crippen LogP contribution in [0.1, 0.15) is 12.5 Å². The number of esters is 2. The van der Waals surface area contributed by atoms with Gasteiger partial charge in [0.05, 0.1) is 27.7 Å². The number of ether oxygens (including phenoxy) is 2. The van der Waals surface area contributed by atoms with Crippen molar-refractivity contribution in [3.8, 4) is 0 Å². The Morgan fingerprint density at radius 2 is 1.93 bits per heavy atom. The Morgan fingerprint density at radius 1 is 1.30 bits per heavy atom. The Kier molecular flexibility index (Phi) is 14.4. The number of carbonyl (C=O) groups is 2. The molecule has 7 nitrogen and oxygen atoms in total. The molecule has 0 spiro atoms. The van der Waals surface area contributed by atoms with Crippen LogP contribution in [-0.2, 0) is 19.1 Å². The summed E-state index contributed by atoms with van der Waals surface area (Å²) in [5.74, 6) is -0.367. The first-order valence-corrected chi connectivity index (χ1v) is 8.73. The van der Waals surface area contributed by atoms with E-state index in [2.05, 4.69) is 27.5 Å². The number of hydrogen-bond acceptors (Lipinski definition) is 6. The molecule has 2 N–H and O–H groups in total. The monoisotopic (exact) mass is 463 g/mol. The lowest BCUT2D eigenvalue weighted by atomic mass is 10.2. The summed E-state index contributed by atoms with van der Waals surface area (Å²) in [6.45, 7) is 6.68. The maximum absolute atomic E-state index is 11.0. The molecule has 0 aliphatic heterocycles. The fourth-order valence-electron chi connectivity index (χ4n) is 1.43. The van der Waals surface area contributed by atoms with E-state index in [4.69, 9.17) is 15.2 Å². The summed E-state index contributed by atoms with van der Waals surface area (Å²) >= 11 is 3.27. The van der Waals surface area contributed by atoms with E-state index >= 15 is 0 Å². The van der Waals surface area contributed by atoms with Crippen LogP contribution in [0.15, 0.2) is 35.5 Å². The Bertz CT molecular complexity index is 646. The minimum Gasteiger partial charge on any atom is -1.00 e. The van der Waals surface area contributed by atoms with Crippen molar-refractivity contribution in [2.24, 2.45) is 0 Å². The fraction of sp³-hybridized carbons (Fsp3) is 0.389. The summed E-state index contributed by atoms with van der Waals surface area (Å²) < 4.78 is 11.1. The molecule has 0 saturated carbocycles. The molecule has 27 heavy (non-hydrogen) atoms. The lowest BCUT2D eigenvalue weighted by Crippen LogP contribution is -3.00. The molecule has 1 aromatic heterocycles. The minimum absolute atomic E-state index is 0. The average Bonchev–Trinajstić information content (AvgIpc) is 2.55. The standard InChI is InChI=1S/C10H11BrN2O2.C8H16NO2.ClH/c1-2-15-9(14)4-3-7-5-8(11)6-13-10(7)12;1-5-8(10)11-7-6-9(2,3)4;/h3-6H,2H2,1H3,(H2,12,13);5H,1,6-7H2,2-4H3;1H/q;+1;/p-1. The number of hydrogen-bond donors (Lipinski definition) is 1. The second-order valence-corrected chi connectivity index (χ2v) is 7.01. The third-order valence-corrected chi connectivity index (χ3v) is 3.21. The summed E-state index contributed by atoms with van der Waals surface area (Å²) in [7, 11) is 6.13. The first-order chi connectivity index (χ1) is 12.1. The molecule has 0 amide bonds.